The van der Waals surface area contributed by atoms with Crippen molar-refractivity contribution in [2.45, 2.75) is 19.2 Å². The summed E-state index contributed by atoms with van der Waals surface area (Å²) < 4.78 is 26.7. The van der Waals surface area contributed by atoms with Gasteiger partial charge in [-0.25, -0.2) is 13.8 Å². The Morgan fingerprint density at radius 2 is 1.83 bits per heavy atom. The van der Waals surface area contributed by atoms with Crippen molar-refractivity contribution in [3.8, 4) is 0 Å². The van der Waals surface area contributed by atoms with E-state index in [0.29, 0.717) is 30.5 Å². The highest BCUT2D eigenvalue weighted by Gasteiger charge is 2.07. The summed E-state index contributed by atoms with van der Waals surface area (Å²) in [5.41, 5.74) is 2.22. The topological polar surface area (TPSA) is 65.5 Å². The van der Waals surface area contributed by atoms with E-state index in [1.54, 1.807) is 23.9 Å². The van der Waals surface area contributed by atoms with Gasteiger partial charge in [0.25, 0.3) is 0 Å². The van der Waals surface area contributed by atoms with Crippen LogP contribution < -0.4 is 16.0 Å². The fourth-order valence-corrected chi connectivity index (χ4v) is 3.06. The van der Waals surface area contributed by atoms with Crippen LogP contribution in [-0.2, 0) is 17.1 Å². The lowest BCUT2D eigenvalue weighted by molar-refractivity contribution is -0.115. The number of thioether (sulfide) groups is 1. The van der Waals surface area contributed by atoms with Gasteiger partial charge in [0, 0.05) is 18.0 Å². The van der Waals surface area contributed by atoms with Gasteiger partial charge in [-0.2, -0.15) is 11.8 Å². The minimum atomic E-state index is -0.416. The fraction of sp³-hybridized carbons (Fsp3) is 0.300. The summed E-state index contributed by atoms with van der Waals surface area (Å²) >= 11 is 1.61. The van der Waals surface area contributed by atoms with Crippen LogP contribution in [-0.4, -0.2) is 31.2 Å². The van der Waals surface area contributed by atoms with E-state index in [1.807, 2.05) is 13.2 Å². The highest BCUT2D eigenvalue weighted by Crippen LogP contribution is 2.17. The minimum absolute atomic E-state index is 0. The zero-order chi connectivity index (χ0) is 20.4. The van der Waals surface area contributed by atoms with E-state index in [4.69, 9.17) is 0 Å². The van der Waals surface area contributed by atoms with Crippen LogP contribution in [0.25, 0.3) is 0 Å². The van der Waals surface area contributed by atoms with Crippen molar-refractivity contribution in [1.82, 2.24) is 10.6 Å². The molecule has 0 radical (unpaired) electrons. The number of nitrogens with one attached hydrogen (secondary N) is 3. The first-order valence-electron chi connectivity index (χ1n) is 8.85. The quantitative estimate of drug-likeness (QED) is 0.271. The Hall–Kier alpha value is -1.88. The SMILES string of the molecule is CCNC(=NCc1ccc(F)cc1CSC)NCC(=O)Nc1cccc(F)c1.I. The van der Waals surface area contributed by atoms with Gasteiger partial charge in [0.2, 0.25) is 5.91 Å². The molecule has 0 aliphatic carbocycles. The van der Waals surface area contributed by atoms with Crippen LogP contribution in [0.5, 0.6) is 0 Å². The first-order valence-corrected chi connectivity index (χ1v) is 10.2. The summed E-state index contributed by atoms with van der Waals surface area (Å²) in [6, 6.07) is 10.4. The number of carbonyl (C=O) groups excluding carboxylic acids is 1. The van der Waals surface area contributed by atoms with Crippen molar-refractivity contribution in [2.24, 2.45) is 4.99 Å². The average Bonchev–Trinajstić information content (AvgIpc) is 2.65. The molecule has 0 saturated carbocycles. The maximum absolute atomic E-state index is 13.5. The predicted octanol–water partition coefficient (Wildman–Crippen LogP) is 4.14. The fourth-order valence-electron chi connectivity index (χ4n) is 2.48. The molecular formula is C20H25F2IN4OS. The number of benzene rings is 2. The second-order valence-corrected chi connectivity index (χ2v) is 6.82. The Morgan fingerprint density at radius 3 is 2.52 bits per heavy atom. The van der Waals surface area contributed by atoms with E-state index in [1.165, 1.54) is 30.3 Å². The minimum Gasteiger partial charge on any atom is -0.357 e. The molecule has 9 heteroatoms. The lowest BCUT2D eigenvalue weighted by atomic mass is 10.1. The third-order valence-corrected chi connectivity index (χ3v) is 4.34. The van der Waals surface area contributed by atoms with Crippen molar-refractivity contribution in [2.75, 3.05) is 24.7 Å². The van der Waals surface area contributed by atoms with E-state index in [-0.39, 0.29) is 42.2 Å². The maximum atomic E-state index is 13.5. The number of guanidine groups is 1. The van der Waals surface area contributed by atoms with Gasteiger partial charge >= 0.3 is 0 Å². The molecule has 0 aromatic heterocycles. The molecule has 3 N–H and O–H groups in total. The smallest absolute Gasteiger partial charge is 0.243 e. The van der Waals surface area contributed by atoms with Crippen LogP contribution in [0.2, 0.25) is 0 Å². The maximum Gasteiger partial charge on any atom is 0.243 e. The highest BCUT2D eigenvalue weighted by molar-refractivity contribution is 14.0. The van der Waals surface area contributed by atoms with E-state index in [2.05, 4.69) is 20.9 Å². The number of hydrogen-bond acceptors (Lipinski definition) is 3. The molecule has 0 unspecified atom stereocenters. The number of aliphatic imine (C=N–C) groups is 1. The molecule has 29 heavy (non-hydrogen) atoms. The van der Waals surface area contributed by atoms with Crippen LogP contribution in [0.4, 0.5) is 14.5 Å². The van der Waals surface area contributed by atoms with E-state index in [9.17, 15) is 13.6 Å². The van der Waals surface area contributed by atoms with E-state index < -0.39 is 5.82 Å². The van der Waals surface area contributed by atoms with Gasteiger partial charge in [0.05, 0.1) is 13.1 Å². The molecule has 0 heterocycles. The molecule has 0 aliphatic rings. The Balaban J connectivity index is 0.00000420. The molecule has 1 amide bonds. The van der Waals surface area contributed by atoms with Gasteiger partial charge in [-0.15, -0.1) is 24.0 Å². The Kier molecular flexibility index (Phi) is 11.6. The molecule has 0 saturated heterocycles. The van der Waals surface area contributed by atoms with Crippen LogP contribution >= 0.6 is 35.7 Å². The third kappa shape index (κ3) is 8.99. The van der Waals surface area contributed by atoms with Gasteiger partial charge in [-0.05, 0) is 54.6 Å². The van der Waals surface area contributed by atoms with Crippen LogP contribution in [0.3, 0.4) is 0 Å². The number of amides is 1. The molecule has 0 fully saturated rings. The molecule has 158 valence electrons. The predicted molar refractivity (Wildman–Crippen MR) is 127 cm³/mol. The van der Waals surface area contributed by atoms with Gasteiger partial charge < -0.3 is 16.0 Å². The van der Waals surface area contributed by atoms with Crippen molar-refractivity contribution >= 4 is 53.3 Å². The average molecular weight is 534 g/mol. The second kappa shape index (κ2) is 13.4. The Bertz CT molecular complexity index is 836. The summed E-state index contributed by atoms with van der Waals surface area (Å²) in [6.07, 6.45) is 1.96. The van der Waals surface area contributed by atoms with Gasteiger partial charge in [-0.1, -0.05) is 12.1 Å². The monoisotopic (exact) mass is 534 g/mol. The lowest BCUT2D eigenvalue weighted by Gasteiger charge is -2.12. The number of carbonyl (C=O) groups is 1. The van der Waals surface area contributed by atoms with Gasteiger partial charge in [-0.3, -0.25) is 4.79 Å². The summed E-state index contributed by atoms with van der Waals surface area (Å²) in [4.78, 5) is 16.5. The molecule has 5 nitrogen and oxygen atoms in total. The van der Waals surface area contributed by atoms with Crippen LogP contribution in [0.1, 0.15) is 18.1 Å². The zero-order valence-electron chi connectivity index (χ0n) is 16.3. The first kappa shape index (κ1) is 25.2. The summed E-state index contributed by atoms with van der Waals surface area (Å²) in [7, 11) is 0. The molecule has 2 aromatic carbocycles. The highest BCUT2D eigenvalue weighted by atomic mass is 127. The molecular weight excluding hydrogens is 509 g/mol. The van der Waals surface area contributed by atoms with Crippen molar-refractivity contribution in [3.05, 3.63) is 65.2 Å². The molecule has 0 bridgehead atoms. The zero-order valence-corrected chi connectivity index (χ0v) is 19.4. The van der Waals surface area contributed by atoms with Gasteiger partial charge in [0.15, 0.2) is 5.96 Å². The van der Waals surface area contributed by atoms with Crippen molar-refractivity contribution in [3.63, 3.8) is 0 Å². The Morgan fingerprint density at radius 1 is 1.07 bits per heavy atom. The summed E-state index contributed by atoms with van der Waals surface area (Å²) in [5, 5.41) is 8.62. The van der Waals surface area contributed by atoms with E-state index >= 15 is 0 Å². The van der Waals surface area contributed by atoms with Crippen LogP contribution in [0, 0.1) is 11.6 Å². The number of halogens is 3. The normalized spacial score (nSPS) is 10.8. The number of hydrogen-bond donors (Lipinski definition) is 3. The van der Waals surface area contributed by atoms with Crippen molar-refractivity contribution < 1.29 is 13.6 Å². The lowest BCUT2D eigenvalue weighted by Crippen LogP contribution is -2.41. The number of rotatable bonds is 8. The standard InChI is InChI=1S/C20H24F2N4OS.HI/c1-3-23-20(24-11-14-7-8-17(22)9-15(14)13-28-2)25-12-19(27)26-18-6-4-5-16(21)10-18;/h4-10H,3,11-13H2,1-2H3,(H,26,27)(H2,23,24,25);1H. The molecule has 2 aromatic rings. The number of nitrogens with zero attached hydrogens (tertiary/aromatic N) is 1. The number of anilines is 1. The molecule has 0 aliphatic heterocycles. The third-order valence-electron chi connectivity index (χ3n) is 3.74. The molecule has 0 atom stereocenters. The Labute approximate surface area is 191 Å². The van der Waals surface area contributed by atoms with Crippen LogP contribution in [0.15, 0.2) is 47.5 Å². The first-order chi connectivity index (χ1) is 13.5. The molecule has 2 rings (SSSR count). The van der Waals surface area contributed by atoms with Gasteiger partial charge in [0.1, 0.15) is 11.6 Å². The molecule has 0 spiro atoms. The summed E-state index contributed by atoms with van der Waals surface area (Å²) in [5.74, 6) is 0.164. The largest absolute Gasteiger partial charge is 0.357 e. The summed E-state index contributed by atoms with van der Waals surface area (Å²) in [6.45, 7) is 2.87. The van der Waals surface area contributed by atoms with E-state index in [0.717, 1.165) is 11.1 Å². The van der Waals surface area contributed by atoms with Crippen molar-refractivity contribution in [1.29, 1.82) is 0 Å². The second-order valence-electron chi connectivity index (χ2n) is 5.95.